The van der Waals surface area contributed by atoms with Crippen molar-refractivity contribution in [2.75, 3.05) is 44.2 Å². The molecule has 1 saturated heterocycles. The minimum atomic E-state index is -0.0971. The van der Waals surface area contributed by atoms with Crippen molar-refractivity contribution < 1.29 is 4.79 Å². The molecule has 0 spiro atoms. The van der Waals surface area contributed by atoms with Gasteiger partial charge in [0, 0.05) is 50.8 Å². The Morgan fingerprint density at radius 1 is 1.11 bits per heavy atom. The van der Waals surface area contributed by atoms with Crippen LogP contribution in [0.1, 0.15) is 22.5 Å². The highest BCUT2D eigenvalue weighted by atomic mass is 16.1. The number of piperazine rings is 1. The van der Waals surface area contributed by atoms with Crippen LogP contribution in [0.25, 0.3) is 5.65 Å². The number of hydrogen-bond acceptors (Lipinski definition) is 5. The molecule has 0 bridgehead atoms. The number of aryl methyl sites for hydroxylation is 1. The summed E-state index contributed by atoms with van der Waals surface area (Å²) in [4.78, 5) is 21.7. The molecule has 3 heterocycles. The van der Waals surface area contributed by atoms with E-state index in [0.29, 0.717) is 23.4 Å². The minimum Gasteiger partial charge on any atom is -0.369 e. The van der Waals surface area contributed by atoms with Gasteiger partial charge in [0.15, 0.2) is 5.65 Å². The summed E-state index contributed by atoms with van der Waals surface area (Å²) in [6.07, 6.45) is 4.42. The maximum atomic E-state index is 12.6. The lowest BCUT2D eigenvalue weighted by molar-refractivity contribution is 0.0952. The van der Waals surface area contributed by atoms with E-state index in [0.717, 1.165) is 39.1 Å². The number of para-hydroxylation sites is 1. The number of amides is 1. The van der Waals surface area contributed by atoms with Crippen LogP contribution in [0.5, 0.6) is 0 Å². The fourth-order valence-corrected chi connectivity index (χ4v) is 3.72. The van der Waals surface area contributed by atoms with Gasteiger partial charge in [0.2, 0.25) is 0 Å². The molecule has 1 N–H and O–H groups in total. The molecule has 2 aromatic heterocycles. The van der Waals surface area contributed by atoms with Crippen LogP contribution in [-0.2, 0) is 0 Å². The number of nitrogens with zero attached hydrogens (tertiary/aromatic N) is 5. The molecule has 1 amide bonds. The molecule has 3 aromatic rings. The fourth-order valence-electron chi connectivity index (χ4n) is 3.72. The second-order valence-corrected chi connectivity index (χ2v) is 7.12. The van der Waals surface area contributed by atoms with Gasteiger partial charge in [0.1, 0.15) is 5.56 Å². The Bertz CT molecular complexity index is 930. The number of hydrogen-bond donors (Lipinski definition) is 1. The third kappa shape index (κ3) is 3.99. The number of anilines is 1. The first-order chi connectivity index (χ1) is 13.7. The first-order valence-corrected chi connectivity index (χ1v) is 9.83. The highest BCUT2D eigenvalue weighted by molar-refractivity contribution is 6.00. The Balaban J connectivity index is 1.22. The van der Waals surface area contributed by atoms with E-state index in [4.69, 9.17) is 0 Å². The predicted octanol–water partition coefficient (Wildman–Crippen LogP) is 1.98. The number of carbonyl (C=O) groups excluding carboxylic acids is 1. The summed E-state index contributed by atoms with van der Waals surface area (Å²) in [7, 11) is 0. The predicted molar refractivity (Wildman–Crippen MR) is 110 cm³/mol. The molecule has 1 fully saturated rings. The zero-order chi connectivity index (χ0) is 19.3. The van der Waals surface area contributed by atoms with E-state index < -0.39 is 0 Å². The number of fused-ring (bicyclic) bond motifs is 1. The van der Waals surface area contributed by atoms with Crippen LogP contribution in [0.15, 0.2) is 48.8 Å². The number of rotatable bonds is 6. The van der Waals surface area contributed by atoms with Gasteiger partial charge in [-0.15, -0.1) is 0 Å². The highest BCUT2D eigenvalue weighted by Gasteiger charge is 2.19. The average molecular weight is 378 g/mol. The lowest BCUT2D eigenvalue weighted by Gasteiger charge is -2.36. The third-order valence-electron chi connectivity index (χ3n) is 5.23. The summed E-state index contributed by atoms with van der Waals surface area (Å²) in [6.45, 7) is 7.69. The summed E-state index contributed by atoms with van der Waals surface area (Å²) in [5.41, 5.74) is 3.17. The molecule has 7 nitrogen and oxygen atoms in total. The van der Waals surface area contributed by atoms with Gasteiger partial charge in [-0.3, -0.25) is 9.69 Å². The van der Waals surface area contributed by atoms with Gasteiger partial charge in [-0.2, -0.15) is 5.10 Å². The maximum Gasteiger partial charge on any atom is 0.257 e. The molecular formula is C21H26N6O. The average Bonchev–Trinajstić information content (AvgIpc) is 3.08. The van der Waals surface area contributed by atoms with Crippen molar-refractivity contribution in [3.05, 3.63) is 60.0 Å². The number of aromatic nitrogens is 3. The zero-order valence-electron chi connectivity index (χ0n) is 16.2. The first kappa shape index (κ1) is 18.4. The van der Waals surface area contributed by atoms with Gasteiger partial charge in [-0.05, 0) is 38.1 Å². The molecule has 0 saturated carbocycles. The van der Waals surface area contributed by atoms with E-state index in [1.54, 1.807) is 23.0 Å². The Kier molecular flexibility index (Phi) is 5.53. The lowest BCUT2D eigenvalue weighted by Crippen LogP contribution is -2.47. The van der Waals surface area contributed by atoms with E-state index in [2.05, 4.69) is 55.5 Å². The quantitative estimate of drug-likeness (QED) is 0.665. The first-order valence-electron chi connectivity index (χ1n) is 9.83. The van der Waals surface area contributed by atoms with E-state index in [1.165, 1.54) is 5.69 Å². The fraction of sp³-hybridized carbons (Fsp3) is 0.381. The normalized spacial score (nSPS) is 15.1. The van der Waals surface area contributed by atoms with Crippen LogP contribution >= 0.6 is 0 Å². The molecule has 1 aliphatic rings. The van der Waals surface area contributed by atoms with Crippen LogP contribution in [0, 0.1) is 6.92 Å². The second kappa shape index (κ2) is 8.39. The Labute approximate surface area is 165 Å². The van der Waals surface area contributed by atoms with Gasteiger partial charge in [-0.25, -0.2) is 9.50 Å². The summed E-state index contributed by atoms with van der Waals surface area (Å²) in [5, 5.41) is 7.37. The van der Waals surface area contributed by atoms with Crippen molar-refractivity contribution in [1.29, 1.82) is 0 Å². The van der Waals surface area contributed by atoms with Crippen molar-refractivity contribution in [2.45, 2.75) is 13.3 Å². The lowest BCUT2D eigenvalue weighted by atomic mass is 10.2. The highest BCUT2D eigenvalue weighted by Crippen LogP contribution is 2.15. The number of benzene rings is 1. The molecule has 146 valence electrons. The number of nitrogens with one attached hydrogen (secondary N) is 1. The van der Waals surface area contributed by atoms with Crippen molar-refractivity contribution in [3.63, 3.8) is 0 Å². The monoisotopic (exact) mass is 378 g/mol. The Hall–Kier alpha value is -2.93. The zero-order valence-corrected chi connectivity index (χ0v) is 16.2. The van der Waals surface area contributed by atoms with Crippen LogP contribution in [-0.4, -0.2) is 64.7 Å². The Morgan fingerprint density at radius 3 is 2.68 bits per heavy atom. The van der Waals surface area contributed by atoms with Gasteiger partial charge in [0.05, 0.1) is 5.69 Å². The van der Waals surface area contributed by atoms with E-state index in [9.17, 15) is 4.79 Å². The van der Waals surface area contributed by atoms with E-state index in [1.807, 2.05) is 6.92 Å². The second-order valence-electron chi connectivity index (χ2n) is 7.12. The summed E-state index contributed by atoms with van der Waals surface area (Å²) in [5.74, 6) is -0.0971. The SMILES string of the molecule is Cc1nn2cccnc2c1C(=O)NCCCN1CCN(c2ccccc2)CC1. The van der Waals surface area contributed by atoms with Gasteiger partial charge < -0.3 is 10.2 Å². The molecule has 0 unspecified atom stereocenters. The molecule has 7 heteroatoms. The molecule has 4 rings (SSSR count). The van der Waals surface area contributed by atoms with Crippen LogP contribution in [0.4, 0.5) is 5.69 Å². The molecule has 0 radical (unpaired) electrons. The van der Waals surface area contributed by atoms with Crippen molar-refractivity contribution in [2.24, 2.45) is 0 Å². The van der Waals surface area contributed by atoms with Crippen LogP contribution < -0.4 is 10.2 Å². The topological polar surface area (TPSA) is 65.8 Å². The van der Waals surface area contributed by atoms with Crippen LogP contribution in [0.2, 0.25) is 0 Å². The molecule has 28 heavy (non-hydrogen) atoms. The summed E-state index contributed by atoms with van der Waals surface area (Å²) < 4.78 is 1.65. The molecule has 1 aromatic carbocycles. The largest absolute Gasteiger partial charge is 0.369 e. The smallest absolute Gasteiger partial charge is 0.257 e. The number of carbonyl (C=O) groups is 1. The van der Waals surface area contributed by atoms with Crippen molar-refractivity contribution >= 4 is 17.2 Å². The molecular weight excluding hydrogens is 352 g/mol. The standard InChI is InChI=1S/C21H26N6O/c1-17-19(20-22-9-6-12-27(20)24-17)21(28)23-10-5-11-25-13-15-26(16-14-25)18-7-3-2-4-8-18/h2-4,6-9,12H,5,10-11,13-16H2,1H3,(H,23,28). The molecule has 0 aliphatic carbocycles. The van der Waals surface area contributed by atoms with E-state index >= 15 is 0 Å². The summed E-state index contributed by atoms with van der Waals surface area (Å²) >= 11 is 0. The molecule has 0 atom stereocenters. The van der Waals surface area contributed by atoms with Gasteiger partial charge in [-0.1, -0.05) is 18.2 Å². The van der Waals surface area contributed by atoms with Crippen molar-refractivity contribution in [1.82, 2.24) is 24.8 Å². The summed E-state index contributed by atoms with van der Waals surface area (Å²) in [6, 6.07) is 12.4. The molecule has 1 aliphatic heterocycles. The van der Waals surface area contributed by atoms with Crippen molar-refractivity contribution in [3.8, 4) is 0 Å². The minimum absolute atomic E-state index is 0.0971. The van der Waals surface area contributed by atoms with Gasteiger partial charge in [0.25, 0.3) is 5.91 Å². The Morgan fingerprint density at radius 2 is 1.89 bits per heavy atom. The van der Waals surface area contributed by atoms with Crippen LogP contribution in [0.3, 0.4) is 0 Å². The van der Waals surface area contributed by atoms with E-state index in [-0.39, 0.29) is 5.91 Å². The third-order valence-corrected chi connectivity index (χ3v) is 5.23. The van der Waals surface area contributed by atoms with Gasteiger partial charge >= 0.3 is 0 Å². The maximum absolute atomic E-state index is 12.6.